The normalized spacial score (nSPS) is 14.7. The van der Waals surface area contributed by atoms with Crippen molar-refractivity contribution in [1.82, 2.24) is 4.90 Å². The van der Waals surface area contributed by atoms with E-state index in [1.165, 1.54) is 6.07 Å². The molecular formula is C23H22FNO6S. The van der Waals surface area contributed by atoms with Crippen LogP contribution in [0.5, 0.6) is 11.5 Å². The predicted octanol–water partition coefficient (Wildman–Crippen LogP) is 4.40. The smallest absolute Gasteiger partial charge is 0.326 e. The lowest BCUT2D eigenvalue weighted by molar-refractivity contribution is -0.145. The zero-order chi connectivity index (χ0) is 23.1. The Hall–Kier alpha value is -3.33. The van der Waals surface area contributed by atoms with Gasteiger partial charge in [0.05, 0.1) is 18.1 Å². The molecule has 0 aliphatic carbocycles. The highest BCUT2D eigenvalue weighted by Crippen LogP contribution is 2.35. The van der Waals surface area contributed by atoms with Crippen LogP contribution in [0.4, 0.5) is 9.18 Å². The lowest BCUT2D eigenvalue weighted by Gasteiger charge is -2.13. The molecule has 2 aromatic carbocycles. The van der Waals surface area contributed by atoms with Gasteiger partial charge in [0, 0.05) is 5.56 Å². The molecule has 1 aliphatic heterocycles. The van der Waals surface area contributed by atoms with Crippen molar-refractivity contribution in [1.29, 1.82) is 0 Å². The van der Waals surface area contributed by atoms with E-state index in [0.717, 1.165) is 16.7 Å². The lowest BCUT2D eigenvalue weighted by Crippen LogP contribution is -2.34. The molecule has 1 saturated heterocycles. The maximum atomic E-state index is 13.8. The lowest BCUT2D eigenvalue weighted by atomic mass is 10.1. The Balaban J connectivity index is 1.77. The van der Waals surface area contributed by atoms with Crippen LogP contribution < -0.4 is 9.47 Å². The van der Waals surface area contributed by atoms with Gasteiger partial charge in [-0.25, -0.2) is 4.39 Å². The SMILES string of the molecule is CCOC(=O)CN1C(=O)S/C(=C\c2ccc(OCc3ccccc3F)c(OCC)c2)C1=O. The van der Waals surface area contributed by atoms with Gasteiger partial charge in [0.15, 0.2) is 11.5 Å². The van der Waals surface area contributed by atoms with Gasteiger partial charge in [-0.2, -0.15) is 0 Å². The number of hydrogen-bond acceptors (Lipinski definition) is 7. The summed E-state index contributed by atoms with van der Waals surface area (Å²) in [6, 6.07) is 11.3. The second-order valence-corrected chi connectivity index (χ2v) is 7.59. The number of nitrogens with zero attached hydrogens (tertiary/aromatic N) is 1. The monoisotopic (exact) mass is 459 g/mol. The predicted molar refractivity (Wildman–Crippen MR) is 118 cm³/mol. The summed E-state index contributed by atoms with van der Waals surface area (Å²) in [6.07, 6.45) is 1.54. The van der Waals surface area contributed by atoms with Gasteiger partial charge < -0.3 is 14.2 Å². The minimum absolute atomic E-state index is 0.0266. The molecule has 2 amide bonds. The first-order valence-corrected chi connectivity index (χ1v) is 10.8. The summed E-state index contributed by atoms with van der Waals surface area (Å²) in [5.74, 6) is -0.733. The van der Waals surface area contributed by atoms with E-state index in [1.54, 1.807) is 49.4 Å². The van der Waals surface area contributed by atoms with Crippen molar-refractivity contribution in [3.8, 4) is 11.5 Å². The van der Waals surface area contributed by atoms with Crippen LogP contribution in [0.3, 0.4) is 0 Å². The largest absolute Gasteiger partial charge is 0.490 e. The van der Waals surface area contributed by atoms with E-state index in [2.05, 4.69) is 0 Å². The van der Waals surface area contributed by atoms with Gasteiger partial charge in [0.2, 0.25) is 0 Å². The van der Waals surface area contributed by atoms with E-state index in [4.69, 9.17) is 14.2 Å². The average molecular weight is 459 g/mol. The number of rotatable bonds is 9. The van der Waals surface area contributed by atoms with Gasteiger partial charge in [0.25, 0.3) is 11.1 Å². The molecule has 0 atom stereocenters. The minimum atomic E-state index is -0.647. The van der Waals surface area contributed by atoms with Crippen LogP contribution in [-0.4, -0.2) is 41.8 Å². The number of imide groups is 1. The first-order chi connectivity index (χ1) is 15.4. The molecule has 1 heterocycles. The van der Waals surface area contributed by atoms with Gasteiger partial charge in [-0.3, -0.25) is 19.3 Å². The summed E-state index contributed by atoms with van der Waals surface area (Å²) in [6.45, 7) is 3.59. The number of thioether (sulfide) groups is 1. The maximum Gasteiger partial charge on any atom is 0.326 e. The first kappa shape index (κ1) is 23.3. The van der Waals surface area contributed by atoms with Crippen LogP contribution in [-0.2, 0) is 20.9 Å². The molecule has 32 heavy (non-hydrogen) atoms. The Kier molecular flexibility index (Phi) is 7.88. The van der Waals surface area contributed by atoms with E-state index < -0.39 is 23.7 Å². The Morgan fingerprint density at radius 3 is 2.56 bits per heavy atom. The highest BCUT2D eigenvalue weighted by molar-refractivity contribution is 8.18. The number of esters is 1. The Labute approximate surface area is 189 Å². The molecule has 0 N–H and O–H groups in total. The van der Waals surface area contributed by atoms with Crippen LogP contribution >= 0.6 is 11.8 Å². The van der Waals surface area contributed by atoms with Crippen LogP contribution in [0.1, 0.15) is 25.0 Å². The molecule has 7 nitrogen and oxygen atoms in total. The van der Waals surface area contributed by atoms with Crippen LogP contribution in [0, 0.1) is 5.82 Å². The Morgan fingerprint density at radius 2 is 1.84 bits per heavy atom. The molecule has 3 rings (SSSR count). The van der Waals surface area contributed by atoms with E-state index in [1.807, 2.05) is 6.92 Å². The molecule has 1 fully saturated rings. The summed E-state index contributed by atoms with van der Waals surface area (Å²) in [5, 5.41) is -0.538. The molecular weight excluding hydrogens is 437 g/mol. The summed E-state index contributed by atoms with van der Waals surface area (Å²) in [7, 11) is 0. The van der Waals surface area contributed by atoms with Crippen molar-refractivity contribution in [3.05, 3.63) is 64.3 Å². The number of amides is 2. The van der Waals surface area contributed by atoms with E-state index in [0.29, 0.717) is 29.2 Å². The van der Waals surface area contributed by atoms with E-state index in [-0.39, 0.29) is 23.9 Å². The quantitative estimate of drug-likeness (QED) is 0.406. The fourth-order valence-electron chi connectivity index (χ4n) is 2.90. The molecule has 1 aliphatic rings. The van der Waals surface area contributed by atoms with Crippen molar-refractivity contribution in [2.45, 2.75) is 20.5 Å². The van der Waals surface area contributed by atoms with Gasteiger partial charge in [-0.1, -0.05) is 24.3 Å². The van der Waals surface area contributed by atoms with Crippen molar-refractivity contribution in [2.75, 3.05) is 19.8 Å². The second kappa shape index (κ2) is 10.8. The molecule has 0 bridgehead atoms. The second-order valence-electron chi connectivity index (χ2n) is 6.59. The Bertz CT molecular complexity index is 1050. The third-order valence-electron chi connectivity index (χ3n) is 4.37. The van der Waals surface area contributed by atoms with Crippen LogP contribution in [0.15, 0.2) is 47.4 Å². The van der Waals surface area contributed by atoms with E-state index in [9.17, 15) is 18.8 Å². The van der Waals surface area contributed by atoms with Gasteiger partial charge in [0.1, 0.15) is 19.0 Å². The number of benzene rings is 2. The molecule has 0 unspecified atom stereocenters. The van der Waals surface area contributed by atoms with Crippen LogP contribution in [0.25, 0.3) is 6.08 Å². The zero-order valence-electron chi connectivity index (χ0n) is 17.6. The number of carbonyl (C=O) groups excluding carboxylic acids is 3. The summed E-state index contributed by atoms with van der Waals surface area (Å²) < 4.78 is 30.0. The number of hydrogen-bond donors (Lipinski definition) is 0. The molecule has 2 aromatic rings. The molecule has 0 radical (unpaired) electrons. The molecule has 0 saturated carbocycles. The number of ether oxygens (including phenoxy) is 3. The molecule has 9 heteroatoms. The average Bonchev–Trinajstić information content (AvgIpc) is 3.02. The fourth-order valence-corrected chi connectivity index (χ4v) is 3.73. The first-order valence-electron chi connectivity index (χ1n) is 9.97. The zero-order valence-corrected chi connectivity index (χ0v) is 18.4. The molecule has 0 aromatic heterocycles. The third-order valence-corrected chi connectivity index (χ3v) is 5.28. The van der Waals surface area contributed by atoms with Crippen LogP contribution in [0.2, 0.25) is 0 Å². The summed E-state index contributed by atoms with van der Waals surface area (Å²) >= 11 is 0.746. The molecule has 168 valence electrons. The van der Waals surface area contributed by atoms with E-state index >= 15 is 0 Å². The maximum absolute atomic E-state index is 13.8. The van der Waals surface area contributed by atoms with Gasteiger partial charge >= 0.3 is 5.97 Å². The number of carbonyl (C=O) groups is 3. The Morgan fingerprint density at radius 1 is 1.06 bits per heavy atom. The van der Waals surface area contributed by atoms with Crippen molar-refractivity contribution in [2.24, 2.45) is 0 Å². The summed E-state index contributed by atoms with van der Waals surface area (Å²) in [4.78, 5) is 37.4. The highest BCUT2D eigenvalue weighted by Gasteiger charge is 2.36. The minimum Gasteiger partial charge on any atom is -0.490 e. The van der Waals surface area contributed by atoms with Crippen molar-refractivity contribution < 1.29 is 33.0 Å². The number of halogens is 1. The fraction of sp³-hybridized carbons (Fsp3) is 0.261. The van der Waals surface area contributed by atoms with Gasteiger partial charge in [-0.05, 0) is 55.4 Å². The van der Waals surface area contributed by atoms with Gasteiger partial charge in [-0.15, -0.1) is 0 Å². The van der Waals surface area contributed by atoms with Crippen molar-refractivity contribution in [3.63, 3.8) is 0 Å². The summed E-state index contributed by atoms with van der Waals surface area (Å²) in [5.41, 5.74) is 1.02. The van der Waals surface area contributed by atoms with Crippen molar-refractivity contribution >= 4 is 35.0 Å². The molecule has 0 spiro atoms. The third kappa shape index (κ3) is 5.67. The highest BCUT2D eigenvalue weighted by atomic mass is 32.2. The topological polar surface area (TPSA) is 82.1 Å². The standard InChI is InChI=1S/C23H22FNO6S/c1-3-29-19-11-15(9-10-18(19)31-14-16-7-5-6-8-17(16)24)12-20-22(27)25(23(28)32-20)13-21(26)30-4-2/h5-12H,3-4,13-14H2,1-2H3/b20-12-.